The molecular weight excluding hydrogens is 429 g/mol. The number of hydrogen-bond acceptors (Lipinski definition) is 9. The Labute approximate surface area is 178 Å². The first-order valence-electron chi connectivity index (χ1n) is 9.87. The molecule has 0 atom stereocenters. The van der Waals surface area contributed by atoms with Crippen molar-refractivity contribution < 1.29 is 28.6 Å². The van der Waals surface area contributed by atoms with Gasteiger partial charge in [-0.05, 0) is 25.2 Å². The molecule has 2 aromatic rings. The Morgan fingerprint density at radius 2 is 2.06 bits per heavy atom. The largest absolute Gasteiger partial charge is 0.481 e. The number of fused-ring (bicyclic) bond motifs is 1. The molecule has 1 fully saturated rings. The SMILES string of the molecule is COc1cc2cnn(C(=O)OCCN)c(=O)c2c(N2CCC(CCP(=O)(O)O)CC2)n1. The van der Waals surface area contributed by atoms with E-state index in [1.165, 1.54) is 13.3 Å². The standard InChI is InChI=1S/C18H26N5O7P/c1-29-14-10-13-11-20-23(18(25)30-8-5-19)17(24)15(13)16(21-14)22-6-2-12(3-7-22)4-9-31(26,27)28/h10-12H,2-9,19H2,1H3,(H2,26,27,28). The maximum Gasteiger partial charge on any atom is 0.438 e. The Morgan fingerprint density at radius 1 is 1.35 bits per heavy atom. The second kappa shape index (κ2) is 9.73. The number of aromatic nitrogens is 3. The highest BCUT2D eigenvalue weighted by Crippen LogP contribution is 2.38. The van der Waals surface area contributed by atoms with Gasteiger partial charge in [0.05, 0.1) is 24.9 Å². The Morgan fingerprint density at radius 3 is 2.68 bits per heavy atom. The van der Waals surface area contributed by atoms with Gasteiger partial charge in [-0.1, -0.05) is 0 Å². The van der Waals surface area contributed by atoms with Crippen molar-refractivity contribution in [3.8, 4) is 5.88 Å². The Bertz CT molecular complexity index is 1050. The fourth-order valence-electron chi connectivity index (χ4n) is 3.58. The number of nitrogens with two attached hydrogens (primary N) is 1. The van der Waals surface area contributed by atoms with Gasteiger partial charge in [-0.15, -0.1) is 4.68 Å². The fourth-order valence-corrected chi connectivity index (χ4v) is 4.28. The number of carbonyl (C=O) groups is 1. The van der Waals surface area contributed by atoms with Crippen molar-refractivity contribution in [3.63, 3.8) is 0 Å². The molecule has 0 saturated carbocycles. The number of ether oxygens (including phenoxy) is 2. The second-order valence-electron chi connectivity index (χ2n) is 7.32. The van der Waals surface area contributed by atoms with Crippen LogP contribution in [0.4, 0.5) is 10.6 Å². The van der Waals surface area contributed by atoms with E-state index in [-0.39, 0.29) is 30.6 Å². The molecule has 4 N–H and O–H groups in total. The van der Waals surface area contributed by atoms with Gasteiger partial charge in [0.2, 0.25) is 5.88 Å². The van der Waals surface area contributed by atoms with E-state index in [9.17, 15) is 14.2 Å². The van der Waals surface area contributed by atoms with Crippen molar-refractivity contribution in [2.75, 3.05) is 44.4 Å². The summed E-state index contributed by atoms with van der Waals surface area (Å²) in [7, 11) is -2.56. The van der Waals surface area contributed by atoms with E-state index in [0.29, 0.717) is 54.1 Å². The van der Waals surface area contributed by atoms with Crippen LogP contribution in [0, 0.1) is 5.92 Å². The summed E-state index contributed by atoms with van der Waals surface area (Å²) in [5.74, 6) is 0.844. The van der Waals surface area contributed by atoms with Crippen molar-refractivity contribution in [1.82, 2.24) is 14.8 Å². The van der Waals surface area contributed by atoms with E-state index in [0.717, 1.165) is 0 Å². The maximum atomic E-state index is 13.0. The number of anilines is 1. The highest BCUT2D eigenvalue weighted by atomic mass is 31.2. The van der Waals surface area contributed by atoms with Crippen molar-refractivity contribution in [1.29, 1.82) is 0 Å². The molecule has 0 aromatic carbocycles. The quantitative estimate of drug-likeness (QED) is 0.498. The van der Waals surface area contributed by atoms with Crippen molar-refractivity contribution >= 4 is 30.3 Å². The summed E-state index contributed by atoms with van der Waals surface area (Å²) in [6.07, 6.45) is 2.14. The normalized spacial score (nSPS) is 15.3. The van der Waals surface area contributed by atoms with Crippen LogP contribution < -0.4 is 20.9 Å². The van der Waals surface area contributed by atoms with Gasteiger partial charge in [-0.2, -0.15) is 10.1 Å². The molecule has 3 rings (SSSR count). The van der Waals surface area contributed by atoms with Crippen LogP contribution in [0.3, 0.4) is 0 Å². The van der Waals surface area contributed by atoms with Crippen molar-refractivity contribution in [3.05, 3.63) is 22.6 Å². The molecule has 12 nitrogen and oxygen atoms in total. The van der Waals surface area contributed by atoms with E-state index < -0.39 is 19.2 Å². The Balaban J connectivity index is 1.91. The van der Waals surface area contributed by atoms with E-state index in [2.05, 4.69) is 10.1 Å². The smallest absolute Gasteiger partial charge is 0.438 e. The van der Waals surface area contributed by atoms with E-state index in [1.807, 2.05) is 4.90 Å². The third kappa shape index (κ3) is 5.59. The van der Waals surface area contributed by atoms with Crippen LogP contribution in [0.15, 0.2) is 17.1 Å². The molecule has 170 valence electrons. The first-order chi connectivity index (χ1) is 14.7. The van der Waals surface area contributed by atoms with Crippen LogP contribution in [0.2, 0.25) is 0 Å². The van der Waals surface area contributed by atoms with Gasteiger partial charge in [-0.3, -0.25) is 9.36 Å². The monoisotopic (exact) mass is 455 g/mol. The lowest BCUT2D eigenvalue weighted by molar-refractivity contribution is 0.146. The minimum absolute atomic E-state index is 0.0408. The minimum atomic E-state index is -4.02. The topological polar surface area (TPSA) is 170 Å². The summed E-state index contributed by atoms with van der Waals surface area (Å²) in [5, 5.41) is 4.58. The Hall–Kier alpha value is -2.53. The average molecular weight is 455 g/mol. The number of piperidine rings is 1. The lowest BCUT2D eigenvalue weighted by Crippen LogP contribution is -2.37. The molecule has 1 aliphatic rings. The zero-order chi connectivity index (χ0) is 22.6. The van der Waals surface area contributed by atoms with Gasteiger partial charge in [0.25, 0.3) is 5.56 Å². The molecule has 13 heteroatoms. The highest BCUT2D eigenvalue weighted by Gasteiger charge is 2.26. The zero-order valence-corrected chi connectivity index (χ0v) is 18.0. The Kier molecular flexibility index (Phi) is 7.26. The molecule has 2 aromatic heterocycles. The number of hydrogen-bond donors (Lipinski definition) is 3. The number of nitrogens with zero attached hydrogens (tertiary/aromatic N) is 4. The van der Waals surface area contributed by atoms with Gasteiger partial charge >= 0.3 is 13.7 Å². The third-order valence-corrected chi connectivity index (χ3v) is 6.03. The summed E-state index contributed by atoms with van der Waals surface area (Å²) < 4.78 is 22.0. The van der Waals surface area contributed by atoms with Gasteiger partial charge < -0.3 is 29.9 Å². The molecule has 0 aliphatic carbocycles. The molecule has 0 radical (unpaired) electrons. The molecule has 3 heterocycles. The maximum absolute atomic E-state index is 13.0. The molecule has 0 spiro atoms. The summed E-state index contributed by atoms with van der Waals surface area (Å²) in [6, 6.07) is 1.57. The van der Waals surface area contributed by atoms with Crippen LogP contribution in [-0.2, 0) is 9.30 Å². The van der Waals surface area contributed by atoms with Crippen LogP contribution in [0.1, 0.15) is 19.3 Å². The molecular formula is C18H26N5O7P. The number of methoxy groups -OCH3 is 1. The number of rotatable bonds is 7. The molecule has 1 saturated heterocycles. The molecule has 0 unspecified atom stereocenters. The highest BCUT2D eigenvalue weighted by molar-refractivity contribution is 7.51. The van der Waals surface area contributed by atoms with E-state index in [4.69, 9.17) is 25.0 Å². The van der Waals surface area contributed by atoms with Crippen LogP contribution in [-0.4, -0.2) is 70.2 Å². The lowest BCUT2D eigenvalue weighted by Gasteiger charge is -2.33. The van der Waals surface area contributed by atoms with Crippen LogP contribution in [0.25, 0.3) is 10.8 Å². The first kappa shape index (κ1) is 23.1. The summed E-state index contributed by atoms with van der Waals surface area (Å²) in [5.41, 5.74) is 4.68. The number of pyridine rings is 1. The lowest BCUT2D eigenvalue weighted by atomic mass is 9.94. The molecule has 1 aliphatic heterocycles. The first-order valence-corrected chi connectivity index (χ1v) is 11.7. The fraction of sp³-hybridized carbons (Fsp3) is 0.556. The summed E-state index contributed by atoms with van der Waals surface area (Å²) in [4.78, 5) is 49.8. The predicted octanol–water partition coefficient (Wildman–Crippen LogP) is 0.528. The second-order valence-corrected chi connectivity index (χ2v) is 9.10. The molecule has 0 bridgehead atoms. The van der Waals surface area contributed by atoms with Crippen LogP contribution in [0.5, 0.6) is 5.88 Å². The van der Waals surface area contributed by atoms with E-state index in [1.54, 1.807) is 6.07 Å². The van der Waals surface area contributed by atoms with Crippen molar-refractivity contribution in [2.24, 2.45) is 11.7 Å². The third-order valence-electron chi connectivity index (χ3n) is 5.19. The van der Waals surface area contributed by atoms with Crippen LogP contribution >= 0.6 is 7.60 Å². The minimum Gasteiger partial charge on any atom is -0.481 e. The van der Waals surface area contributed by atoms with Gasteiger partial charge in [-0.25, -0.2) is 4.79 Å². The summed E-state index contributed by atoms with van der Waals surface area (Å²) >= 11 is 0. The van der Waals surface area contributed by atoms with E-state index >= 15 is 0 Å². The van der Waals surface area contributed by atoms with Gasteiger partial charge in [0, 0.05) is 31.1 Å². The summed E-state index contributed by atoms with van der Waals surface area (Å²) in [6.45, 7) is 1.16. The molecule has 31 heavy (non-hydrogen) atoms. The number of carbonyl (C=O) groups excluding carboxylic acids is 1. The molecule has 0 amide bonds. The van der Waals surface area contributed by atoms with Gasteiger partial charge in [0.15, 0.2) is 0 Å². The average Bonchev–Trinajstić information content (AvgIpc) is 2.75. The van der Waals surface area contributed by atoms with Crippen molar-refractivity contribution in [2.45, 2.75) is 19.3 Å². The van der Waals surface area contributed by atoms with Gasteiger partial charge in [0.1, 0.15) is 12.4 Å². The predicted molar refractivity (Wildman–Crippen MR) is 113 cm³/mol. The zero-order valence-electron chi connectivity index (χ0n) is 17.1.